The van der Waals surface area contributed by atoms with E-state index in [1.54, 1.807) is 30.3 Å². The molecule has 0 bridgehead atoms. The fraction of sp³-hybridized carbons (Fsp3) is 0.136. The second-order valence-corrected chi connectivity index (χ2v) is 6.21. The Hall–Kier alpha value is -3.67. The molecule has 3 aromatic carbocycles. The van der Waals surface area contributed by atoms with Crippen molar-refractivity contribution in [1.82, 2.24) is 10.6 Å². The van der Waals surface area contributed by atoms with Crippen molar-refractivity contribution in [2.75, 3.05) is 7.05 Å². The van der Waals surface area contributed by atoms with Crippen LogP contribution in [0, 0.1) is 0 Å². The molecule has 3 rings (SSSR count). The van der Waals surface area contributed by atoms with Crippen molar-refractivity contribution in [3.05, 3.63) is 83.9 Å². The molecule has 0 aliphatic carbocycles. The molecule has 0 spiro atoms. The number of amides is 3. The van der Waals surface area contributed by atoms with Crippen molar-refractivity contribution in [3.8, 4) is 0 Å². The van der Waals surface area contributed by atoms with E-state index in [2.05, 4.69) is 10.6 Å². The number of esters is 1. The van der Waals surface area contributed by atoms with Crippen LogP contribution in [0.4, 0.5) is 4.79 Å². The summed E-state index contributed by atoms with van der Waals surface area (Å²) in [7, 11) is 1.39. The Labute approximate surface area is 162 Å². The topological polar surface area (TPSA) is 84.5 Å². The molecule has 142 valence electrons. The van der Waals surface area contributed by atoms with Crippen LogP contribution in [0.3, 0.4) is 0 Å². The second-order valence-electron chi connectivity index (χ2n) is 6.21. The molecular formula is C22H20N2O4. The highest BCUT2D eigenvalue weighted by Gasteiger charge is 2.26. The Balaban J connectivity index is 1.76. The molecule has 0 aliphatic heterocycles. The molecule has 0 heterocycles. The van der Waals surface area contributed by atoms with Gasteiger partial charge in [-0.2, -0.15) is 0 Å². The number of fused-ring (bicyclic) bond motifs is 1. The van der Waals surface area contributed by atoms with E-state index in [1.807, 2.05) is 42.5 Å². The number of imide groups is 1. The van der Waals surface area contributed by atoms with E-state index >= 15 is 0 Å². The lowest BCUT2D eigenvalue weighted by Crippen LogP contribution is -2.41. The van der Waals surface area contributed by atoms with Crippen molar-refractivity contribution in [2.45, 2.75) is 12.5 Å². The van der Waals surface area contributed by atoms with Crippen molar-refractivity contribution < 1.29 is 19.1 Å². The fourth-order valence-corrected chi connectivity index (χ4v) is 2.83. The van der Waals surface area contributed by atoms with Crippen LogP contribution in [0.1, 0.15) is 17.2 Å². The van der Waals surface area contributed by atoms with Gasteiger partial charge in [-0.05, 0) is 16.3 Å². The Morgan fingerprint density at radius 2 is 1.57 bits per heavy atom. The summed E-state index contributed by atoms with van der Waals surface area (Å²) in [5, 5.41) is 6.55. The smallest absolute Gasteiger partial charge is 0.321 e. The first-order valence-corrected chi connectivity index (χ1v) is 8.81. The average molecular weight is 376 g/mol. The molecule has 2 N–H and O–H groups in total. The van der Waals surface area contributed by atoms with Gasteiger partial charge in [0, 0.05) is 12.6 Å². The Morgan fingerprint density at radius 1 is 0.893 bits per heavy atom. The number of urea groups is 1. The zero-order chi connectivity index (χ0) is 19.9. The first kappa shape index (κ1) is 19.1. The number of hydrogen-bond donors (Lipinski definition) is 2. The first-order valence-electron chi connectivity index (χ1n) is 8.81. The van der Waals surface area contributed by atoms with Crippen molar-refractivity contribution in [1.29, 1.82) is 0 Å². The summed E-state index contributed by atoms with van der Waals surface area (Å²) in [6.45, 7) is 0. The molecule has 0 radical (unpaired) electrons. The van der Waals surface area contributed by atoms with E-state index in [9.17, 15) is 14.4 Å². The number of rotatable bonds is 5. The molecule has 0 saturated carbocycles. The predicted molar refractivity (Wildman–Crippen MR) is 106 cm³/mol. The standard InChI is InChI=1S/C22H20N2O4/c1-23-22(27)24-21(26)20(17-8-3-2-4-9-17)28-19(25)14-15-11-12-16-7-5-6-10-18(16)13-15/h2-13,20H,14H2,1H3,(H2,23,24,26,27)/t20-/m0/s1. The van der Waals surface area contributed by atoms with E-state index in [0.29, 0.717) is 5.56 Å². The molecule has 3 aromatic rings. The lowest BCUT2D eigenvalue weighted by molar-refractivity contribution is -0.155. The highest BCUT2D eigenvalue weighted by Crippen LogP contribution is 2.20. The van der Waals surface area contributed by atoms with Crippen LogP contribution >= 0.6 is 0 Å². The molecule has 0 aliphatic rings. The summed E-state index contributed by atoms with van der Waals surface area (Å²) >= 11 is 0. The molecule has 0 aromatic heterocycles. The zero-order valence-corrected chi connectivity index (χ0v) is 15.3. The van der Waals surface area contributed by atoms with Gasteiger partial charge in [0.2, 0.25) is 6.10 Å². The normalized spacial score (nSPS) is 11.5. The maximum absolute atomic E-state index is 12.5. The number of carbonyl (C=O) groups is 3. The maximum atomic E-state index is 12.5. The van der Waals surface area contributed by atoms with Crippen LogP contribution < -0.4 is 10.6 Å². The molecule has 6 nitrogen and oxygen atoms in total. The zero-order valence-electron chi connectivity index (χ0n) is 15.3. The van der Waals surface area contributed by atoms with Gasteiger partial charge in [0.15, 0.2) is 0 Å². The number of carbonyl (C=O) groups excluding carboxylic acids is 3. The van der Waals surface area contributed by atoms with Crippen molar-refractivity contribution in [3.63, 3.8) is 0 Å². The summed E-state index contributed by atoms with van der Waals surface area (Å²) in [4.78, 5) is 36.4. The SMILES string of the molecule is CNC(=O)NC(=O)[C@@H](OC(=O)Cc1ccc2ccccc2c1)c1ccccc1. The average Bonchev–Trinajstić information content (AvgIpc) is 2.72. The molecule has 0 unspecified atom stereocenters. The molecule has 0 fully saturated rings. The van der Waals surface area contributed by atoms with E-state index in [-0.39, 0.29) is 6.42 Å². The lowest BCUT2D eigenvalue weighted by Gasteiger charge is -2.17. The Bertz CT molecular complexity index is 1000. The molecule has 1 atom stereocenters. The minimum Gasteiger partial charge on any atom is -0.447 e. The van der Waals surface area contributed by atoms with E-state index < -0.39 is 24.0 Å². The van der Waals surface area contributed by atoms with Crippen LogP contribution in [0.15, 0.2) is 72.8 Å². The van der Waals surface area contributed by atoms with E-state index in [1.165, 1.54) is 7.05 Å². The van der Waals surface area contributed by atoms with Crippen LogP contribution in [-0.2, 0) is 20.7 Å². The number of hydrogen-bond acceptors (Lipinski definition) is 4. The third-order valence-corrected chi connectivity index (χ3v) is 4.22. The summed E-state index contributed by atoms with van der Waals surface area (Å²) in [5.41, 5.74) is 1.26. The molecule has 0 saturated heterocycles. The van der Waals surface area contributed by atoms with Crippen molar-refractivity contribution >= 4 is 28.7 Å². The van der Waals surface area contributed by atoms with Gasteiger partial charge in [0.05, 0.1) is 6.42 Å². The molecule has 28 heavy (non-hydrogen) atoms. The van der Waals surface area contributed by atoms with Crippen LogP contribution in [-0.4, -0.2) is 25.0 Å². The van der Waals surface area contributed by atoms with Gasteiger partial charge < -0.3 is 10.1 Å². The van der Waals surface area contributed by atoms with E-state index in [0.717, 1.165) is 16.3 Å². The number of benzene rings is 3. The fourth-order valence-electron chi connectivity index (χ4n) is 2.83. The number of ether oxygens (including phenoxy) is 1. The van der Waals surface area contributed by atoms with Crippen LogP contribution in [0.25, 0.3) is 10.8 Å². The summed E-state index contributed by atoms with van der Waals surface area (Å²) in [5.74, 6) is -1.27. The van der Waals surface area contributed by atoms with Gasteiger partial charge in [-0.1, -0.05) is 72.8 Å². The second kappa shape index (κ2) is 8.81. The molecular weight excluding hydrogens is 356 g/mol. The first-order chi connectivity index (χ1) is 13.6. The summed E-state index contributed by atoms with van der Waals surface area (Å²) < 4.78 is 5.43. The van der Waals surface area contributed by atoms with Crippen LogP contribution in [0.2, 0.25) is 0 Å². The van der Waals surface area contributed by atoms with Gasteiger partial charge in [-0.15, -0.1) is 0 Å². The minimum absolute atomic E-state index is 0.0153. The highest BCUT2D eigenvalue weighted by atomic mass is 16.5. The van der Waals surface area contributed by atoms with Gasteiger partial charge >= 0.3 is 12.0 Å². The van der Waals surface area contributed by atoms with Gasteiger partial charge in [0.1, 0.15) is 0 Å². The minimum atomic E-state index is -1.22. The van der Waals surface area contributed by atoms with E-state index in [4.69, 9.17) is 4.74 Å². The van der Waals surface area contributed by atoms with Gasteiger partial charge in [0.25, 0.3) is 5.91 Å². The highest BCUT2D eigenvalue weighted by molar-refractivity contribution is 5.97. The van der Waals surface area contributed by atoms with Gasteiger partial charge in [-0.3, -0.25) is 14.9 Å². The maximum Gasteiger partial charge on any atom is 0.321 e. The third-order valence-electron chi connectivity index (χ3n) is 4.22. The van der Waals surface area contributed by atoms with Crippen molar-refractivity contribution in [2.24, 2.45) is 0 Å². The molecule has 3 amide bonds. The summed E-state index contributed by atoms with van der Waals surface area (Å²) in [6.07, 6.45) is -1.20. The number of nitrogens with one attached hydrogen (secondary N) is 2. The Kier molecular flexibility index (Phi) is 6.01. The molecule has 6 heteroatoms. The summed E-state index contributed by atoms with van der Waals surface area (Å²) in [6, 6.07) is 21.4. The predicted octanol–water partition coefficient (Wildman–Crippen LogP) is 3.12. The Morgan fingerprint density at radius 3 is 2.29 bits per heavy atom. The third kappa shape index (κ3) is 4.73. The van der Waals surface area contributed by atoms with Crippen LogP contribution in [0.5, 0.6) is 0 Å². The quantitative estimate of drug-likeness (QED) is 0.670. The lowest BCUT2D eigenvalue weighted by atomic mass is 10.1. The van der Waals surface area contributed by atoms with Gasteiger partial charge in [-0.25, -0.2) is 4.79 Å². The largest absolute Gasteiger partial charge is 0.447 e. The monoisotopic (exact) mass is 376 g/mol.